The molecule has 5 heteroatoms. The zero-order chi connectivity index (χ0) is 9.14. The first-order valence-corrected chi connectivity index (χ1v) is 3.75. The van der Waals surface area contributed by atoms with Crippen molar-refractivity contribution in [2.24, 2.45) is 5.73 Å². The SMILES string of the molecule is CCC(N)c1cc(=O)[nH]c(N)n1. The van der Waals surface area contributed by atoms with Crippen LogP contribution in [0.15, 0.2) is 10.9 Å². The second-order valence-electron chi connectivity index (χ2n) is 2.57. The summed E-state index contributed by atoms with van der Waals surface area (Å²) in [5, 5.41) is 0. The van der Waals surface area contributed by atoms with Crippen molar-refractivity contribution in [2.45, 2.75) is 19.4 Å². The quantitative estimate of drug-likeness (QED) is 0.567. The van der Waals surface area contributed by atoms with Crippen molar-refractivity contribution < 1.29 is 0 Å². The Morgan fingerprint density at radius 1 is 1.75 bits per heavy atom. The summed E-state index contributed by atoms with van der Waals surface area (Å²) in [4.78, 5) is 17.1. The number of hydrogen-bond donors (Lipinski definition) is 3. The van der Waals surface area contributed by atoms with Crippen molar-refractivity contribution in [2.75, 3.05) is 5.73 Å². The Morgan fingerprint density at radius 2 is 2.42 bits per heavy atom. The van der Waals surface area contributed by atoms with E-state index in [0.717, 1.165) is 6.42 Å². The van der Waals surface area contributed by atoms with Crippen LogP contribution in [0.5, 0.6) is 0 Å². The van der Waals surface area contributed by atoms with Gasteiger partial charge in [0.1, 0.15) is 0 Å². The topological polar surface area (TPSA) is 97.8 Å². The van der Waals surface area contributed by atoms with Gasteiger partial charge < -0.3 is 11.5 Å². The van der Waals surface area contributed by atoms with E-state index < -0.39 is 0 Å². The zero-order valence-electron chi connectivity index (χ0n) is 6.87. The van der Waals surface area contributed by atoms with E-state index in [1.807, 2.05) is 6.92 Å². The van der Waals surface area contributed by atoms with Crippen LogP contribution >= 0.6 is 0 Å². The summed E-state index contributed by atoms with van der Waals surface area (Å²) in [5.74, 6) is 0.112. The van der Waals surface area contributed by atoms with Crippen molar-refractivity contribution in [3.63, 3.8) is 0 Å². The molecule has 5 nitrogen and oxygen atoms in total. The molecule has 1 aromatic heterocycles. The molecular weight excluding hydrogens is 156 g/mol. The van der Waals surface area contributed by atoms with Crippen LogP contribution in [0.2, 0.25) is 0 Å². The third-order valence-corrected chi connectivity index (χ3v) is 1.60. The Hall–Kier alpha value is -1.36. The summed E-state index contributed by atoms with van der Waals surface area (Å²) >= 11 is 0. The molecule has 1 heterocycles. The van der Waals surface area contributed by atoms with Crippen molar-refractivity contribution in [1.82, 2.24) is 9.97 Å². The highest BCUT2D eigenvalue weighted by molar-refractivity contribution is 5.19. The van der Waals surface area contributed by atoms with Gasteiger partial charge in [-0.2, -0.15) is 0 Å². The highest BCUT2D eigenvalue weighted by Gasteiger charge is 2.05. The number of hydrogen-bond acceptors (Lipinski definition) is 4. The summed E-state index contributed by atoms with van der Waals surface area (Å²) in [5.41, 5.74) is 11.3. The fourth-order valence-corrected chi connectivity index (χ4v) is 0.895. The Labute approximate surface area is 69.8 Å². The van der Waals surface area contributed by atoms with Gasteiger partial charge in [-0.15, -0.1) is 0 Å². The molecule has 0 saturated heterocycles. The van der Waals surface area contributed by atoms with Crippen LogP contribution in [-0.2, 0) is 0 Å². The van der Waals surface area contributed by atoms with E-state index in [0.29, 0.717) is 5.69 Å². The van der Waals surface area contributed by atoms with E-state index in [1.165, 1.54) is 6.07 Å². The van der Waals surface area contributed by atoms with Crippen molar-refractivity contribution in [1.29, 1.82) is 0 Å². The predicted octanol–water partition coefficient (Wildman–Crippen LogP) is -0.238. The standard InChI is InChI=1S/C7H12N4O/c1-2-4(8)5-3-6(12)11-7(9)10-5/h3-4H,2,8H2,1H3,(H3,9,10,11,12). The lowest BCUT2D eigenvalue weighted by Crippen LogP contribution is -2.18. The van der Waals surface area contributed by atoms with E-state index >= 15 is 0 Å². The maximum Gasteiger partial charge on any atom is 0.252 e. The van der Waals surface area contributed by atoms with Gasteiger partial charge in [-0.3, -0.25) is 9.78 Å². The predicted molar refractivity (Wildman–Crippen MR) is 46.5 cm³/mol. The van der Waals surface area contributed by atoms with Gasteiger partial charge in [0.2, 0.25) is 5.95 Å². The first-order chi connectivity index (χ1) is 5.63. The van der Waals surface area contributed by atoms with Gasteiger partial charge in [0.05, 0.1) is 5.69 Å². The van der Waals surface area contributed by atoms with Gasteiger partial charge >= 0.3 is 0 Å². The Kier molecular flexibility index (Phi) is 2.44. The number of nitrogens with one attached hydrogen (secondary N) is 1. The summed E-state index contributed by atoms with van der Waals surface area (Å²) in [7, 11) is 0. The molecule has 0 aliphatic carbocycles. The Morgan fingerprint density at radius 3 is 2.92 bits per heavy atom. The molecule has 0 radical (unpaired) electrons. The lowest BCUT2D eigenvalue weighted by Gasteiger charge is -2.06. The number of rotatable bonds is 2. The molecule has 12 heavy (non-hydrogen) atoms. The normalized spacial score (nSPS) is 12.8. The minimum absolute atomic E-state index is 0.112. The summed E-state index contributed by atoms with van der Waals surface area (Å²) in [6, 6.07) is 1.15. The first kappa shape index (κ1) is 8.73. The van der Waals surface area contributed by atoms with Crippen molar-refractivity contribution in [3.8, 4) is 0 Å². The molecule has 0 aliphatic heterocycles. The molecule has 0 spiro atoms. The van der Waals surface area contributed by atoms with Gasteiger partial charge in [-0.05, 0) is 6.42 Å². The van der Waals surface area contributed by atoms with Crippen LogP contribution in [0.1, 0.15) is 25.1 Å². The van der Waals surface area contributed by atoms with Crippen molar-refractivity contribution >= 4 is 5.95 Å². The molecular formula is C7H12N4O. The molecule has 1 rings (SSSR count). The van der Waals surface area contributed by atoms with Crippen LogP contribution in [0.4, 0.5) is 5.95 Å². The first-order valence-electron chi connectivity index (χ1n) is 3.75. The van der Waals surface area contributed by atoms with Crippen LogP contribution < -0.4 is 17.0 Å². The highest BCUT2D eigenvalue weighted by Crippen LogP contribution is 2.08. The van der Waals surface area contributed by atoms with Gasteiger partial charge in [0, 0.05) is 12.1 Å². The molecule has 0 amide bonds. The van der Waals surface area contributed by atoms with Crippen molar-refractivity contribution in [3.05, 3.63) is 22.1 Å². The lowest BCUT2D eigenvalue weighted by atomic mass is 10.2. The number of nitrogens with zero attached hydrogens (tertiary/aromatic N) is 1. The molecule has 1 aromatic rings. The number of anilines is 1. The number of aromatic amines is 1. The molecule has 66 valence electrons. The molecule has 0 aromatic carbocycles. The third kappa shape index (κ3) is 1.82. The Bertz CT molecular complexity index is 319. The van der Waals surface area contributed by atoms with Crippen LogP contribution in [-0.4, -0.2) is 9.97 Å². The number of nitrogen functional groups attached to an aromatic ring is 1. The fourth-order valence-electron chi connectivity index (χ4n) is 0.895. The van der Waals surface area contributed by atoms with Gasteiger partial charge in [0.15, 0.2) is 0 Å². The largest absolute Gasteiger partial charge is 0.369 e. The smallest absolute Gasteiger partial charge is 0.252 e. The number of nitrogens with two attached hydrogens (primary N) is 2. The highest BCUT2D eigenvalue weighted by atomic mass is 16.1. The second kappa shape index (κ2) is 3.36. The monoisotopic (exact) mass is 168 g/mol. The molecule has 5 N–H and O–H groups in total. The summed E-state index contributed by atoms with van der Waals surface area (Å²) < 4.78 is 0. The van der Waals surface area contributed by atoms with Crippen LogP contribution in [0.3, 0.4) is 0 Å². The number of aromatic nitrogens is 2. The molecule has 1 atom stereocenters. The van der Waals surface area contributed by atoms with Crippen LogP contribution in [0.25, 0.3) is 0 Å². The van der Waals surface area contributed by atoms with Crippen LogP contribution in [0, 0.1) is 0 Å². The molecule has 0 fully saturated rings. The molecule has 0 bridgehead atoms. The molecule has 0 aliphatic rings. The summed E-state index contributed by atoms with van der Waals surface area (Å²) in [6.45, 7) is 1.92. The average Bonchev–Trinajstić information content (AvgIpc) is 2.01. The van der Waals surface area contributed by atoms with E-state index in [-0.39, 0.29) is 17.5 Å². The second-order valence-corrected chi connectivity index (χ2v) is 2.57. The molecule has 0 saturated carbocycles. The Balaban J connectivity index is 3.08. The minimum atomic E-state index is -0.263. The van der Waals surface area contributed by atoms with E-state index in [2.05, 4.69) is 9.97 Å². The van der Waals surface area contributed by atoms with E-state index in [1.54, 1.807) is 0 Å². The summed E-state index contributed by atoms with van der Waals surface area (Å²) in [6.07, 6.45) is 0.732. The maximum absolute atomic E-state index is 10.9. The van der Waals surface area contributed by atoms with Gasteiger partial charge in [-0.25, -0.2) is 4.98 Å². The number of H-pyrrole nitrogens is 1. The average molecular weight is 168 g/mol. The maximum atomic E-state index is 10.9. The molecule has 1 unspecified atom stereocenters. The fraction of sp³-hybridized carbons (Fsp3) is 0.429. The van der Waals surface area contributed by atoms with E-state index in [4.69, 9.17) is 11.5 Å². The zero-order valence-corrected chi connectivity index (χ0v) is 6.87. The van der Waals surface area contributed by atoms with Gasteiger partial charge in [-0.1, -0.05) is 6.92 Å². The third-order valence-electron chi connectivity index (χ3n) is 1.60. The van der Waals surface area contributed by atoms with Gasteiger partial charge in [0.25, 0.3) is 5.56 Å². The lowest BCUT2D eigenvalue weighted by molar-refractivity contribution is 0.672. The van der Waals surface area contributed by atoms with E-state index in [9.17, 15) is 4.79 Å². The minimum Gasteiger partial charge on any atom is -0.369 e.